The molecule has 0 saturated heterocycles. The molecule has 0 unspecified atom stereocenters. The average Bonchev–Trinajstić information content (AvgIpc) is 2.41. The summed E-state index contributed by atoms with van der Waals surface area (Å²) in [6.07, 6.45) is 1.99. The Kier molecular flexibility index (Phi) is 3.23. The molecule has 19 heavy (non-hydrogen) atoms. The minimum Gasteiger partial charge on any atom is -0.490 e. The van der Waals surface area contributed by atoms with Crippen LogP contribution in [0.2, 0.25) is 0 Å². The van der Waals surface area contributed by atoms with Gasteiger partial charge in [-0.1, -0.05) is 4.48 Å². The number of halogens is 1. The van der Waals surface area contributed by atoms with Crippen LogP contribution in [0.25, 0.3) is 11.3 Å². The zero-order valence-electron chi connectivity index (χ0n) is 9.74. The number of nitro benzene ring substituents is 1. The fourth-order valence-corrected chi connectivity index (χ4v) is 1.56. The van der Waals surface area contributed by atoms with E-state index in [9.17, 15) is 19.4 Å². The molecule has 0 N–H and O–H groups in total. The summed E-state index contributed by atoms with van der Waals surface area (Å²) in [5.74, 6) is -0.0297. The van der Waals surface area contributed by atoms with E-state index in [4.69, 9.17) is 4.74 Å². The van der Waals surface area contributed by atoms with Gasteiger partial charge in [0.15, 0.2) is 5.75 Å². The lowest BCUT2D eigenvalue weighted by Gasteiger charge is -2.04. The highest BCUT2D eigenvalue weighted by Gasteiger charge is 2.17. The van der Waals surface area contributed by atoms with Gasteiger partial charge >= 0.3 is 11.2 Å². The number of hydrogen-bond donors (Lipinski definition) is 0. The molecular formula is C11H8FN3O4. The fourth-order valence-electron chi connectivity index (χ4n) is 1.56. The molecule has 2 rings (SSSR count). The van der Waals surface area contributed by atoms with E-state index < -0.39 is 10.5 Å². The second-order valence-electron chi connectivity index (χ2n) is 3.54. The molecule has 0 fully saturated rings. The highest BCUT2D eigenvalue weighted by Crippen LogP contribution is 2.30. The van der Waals surface area contributed by atoms with E-state index in [1.807, 2.05) is 0 Å². The Hall–Kier alpha value is -2.77. The Morgan fingerprint density at radius 2 is 2.21 bits per heavy atom. The number of benzene rings is 1. The summed E-state index contributed by atoms with van der Waals surface area (Å²) in [5, 5.41) is 10.7. The molecule has 0 amide bonds. The van der Waals surface area contributed by atoms with Gasteiger partial charge in [-0.15, -0.1) is 4.79 Å². The smallest absolute Gasteiger partial charge is 0.310 e. The van der Waals surface area contributed by atoms with Gasteiger partial charge in [0.05, 0.1) is 18.2 Å². The zero-order valence-corrected chi connectivity index (χ0v) is 9.74. The zero-order chi connectivity index (χ0) is 14.0. The standard InChI is InChI=1S/C11H8FN3O4/c1-19-9-6-7(2-3-8(9)15(17)18)10-11(16)14(12)5-4-13-10/h2-6H,1H3. The molecule has 8 heteroatoms. The largest absolute Gasteiger partial charge is 0.490 e. The van der Waals surface area contributed by atoms with Crippen molar-refractivity contribution < 1.29 is 14.1 Å². The van der Waals surface area contributed by atoms with Crippen LogP contribution >= 0.6 is 0 Å². The molecule has 0 aliphatic heterocycles. The van der Waals surface area contributed by atoms with E-state index in [0.29, 0.717) is 0 Å². The Morgan fingerprint density at radius 3 is 2.84 bits per heavy atom. The summed E-state index contributed by atoms with van der Waals surface area (Å²) >= 11 is 0. The van der Waals surface area contributed by atoms with Gasteiger partial charge in [0.25, 0.3) is 0 Å². The van der Waals surface area contributed by atoms with Crippen molar-refractivity contribution in [3.8, 4) is 17.0 Å². The first-order valence-corrected chi connectivity index (χ1v) is 5.11. The van der Waals surface area contributed by atoms with E-state index >= 15 is 0 Å². The van der Waals surface area contributed by atoms with E-state index in [1.165, 1.54) is 25.3 Å². The van der Waals surface area contributed by atoms with Gasteiger partial charge < -0.3 is 4.74 Å². The van der Waals surface area contributed by atoms with Gasteiger partial charge in [0.1, 0.15) is 5.69 Å². The van der Waals surface area contributed by atoms with Crippen LogP contribution in [0.4, 0.5) is 10.2 Å². The summed E-state index contributed by atoms with van der Waals surface area (Å²) in [7, 11) is 1.26. The van der Waals surface area contributed by atoms with E-state index in [0.717, 1.165) is 12.4 Å². The van der Waals surface area contributed by atoms with Gasteiger partial charge in [-0.25, -0.2) is 4.98 Å². The summed E-state index contributed by atoms with van der Waals surface area (Å²) in [5.41, 5.74) is -1.11. The maximum atomic E-state index is 13.1. The first-order valence-electron chi connectivity index (χ1n) is 5.11. The first-order chi connectivity index (χ1) is 9.04. The fraction of sp³-hybridized carbons (Fsp3) is 0.0909. The molecule has 2 aromatic rings. The van der Waals surface area contributed by atoms with E-state index in [-0.39, 0.29) is 27.5 Å². The van der Waals surface area contributed by atoms with Gasteiger partial charge in [-0.3, -0.25) is 14.9 Å². The molecule has 0 radical (unpaired) electrons. The van der Waals surface area contributed by atoms with Crippen molar-refractivity contribution in [3.63, 3.8) is 0 Å². The minimum atomic E-state index is -0.946. The Labute approximate surface area is 106 Å². The Morgan fingerprint density at radius 1 is 1.47 bits per heavy atom. The average molecular weight is 265 g/mol. The van der Waals surface area contributed by atoms with Crippen molar-refractivity contribution in [2.75, 3.05) is 7.11 Å². The van der Waals surface area contributed by atoms with Crippen LogP contribution in [0, 0.1) is 10.1 Å². The molecule has 1 heterocycles. The third-order valence-electron chi connectivity index (χ3n) is 2.45. The van der Waals surface area contributed by atoms with Crippen molar-refractivity contribution in [3.05, 3.63) is 51.1 Å². The van der Waals surface area contributed by atoms with Gasteiger partial charge in [0.2, 0.25) is 0 Å². The van der Waals surface area contributed by atoms with Crippen LogP contribution in [0.15, 0.2) is 35.4 Å². The SMILES string of the molecule is COc1cc(-c2nccn(F)c2=O)ccc1[N+](=O)[O-]. The quantitative estimate of drug-likeness (QED) is 0.620. The van der Waals surface area contributed by atoms with Crippen LogP contribution in [0.3, 0.4) is 0 Å². The normalized spacial score (nSPS) is 10.2. The van der Waals surface area contributed by atoms with Crippen molar-refractivity contribution in [2.24, 2.45) is 0 Å². The lowest BCUT2D eigenvalue weighted by Crippen LogP contribution is -2.16. The van der Waals surface area contributed by atoms with Gasteiger partial charge in [0, 0.05) is 17.8 Å². The topological polar surface area (TPSA) is 87.3 Å². The maximum Gasteiger partial charge on any atom is 0.310 e. The number of aromatic nitrogens is 2. The molecule has 0 atom stereocenters. The number of nitrogens with zero attached hydrogens (tertiary/aromatic N) is 3. The number of methoxy groups -OCH3 is 1. The van der Waals surface area contributed by atoms with Crippen molar-refractivity contribution >= 4 is 5.69 Å². The number of rotatable bonds is 3. The molecule has 1 aromatic heterocycles. The predicted molar refractivity (Wildman–Crippen MR) is 63.6 cm³/mol. The van der Waals surface area contributed by atoms with Crippen LogP contribution < -0.4 is 10.3 Å². The lowest BCUT2D eigenvalue weighted by molar-refractivity contribution is -0.385. The van der Waals surface area contributed by atoms with Crippen molar-refractivity contribution in [2.45, 2.75) is 0 Å². The number of ether oxygens (including phenoxy) is 1. The van der Waals surface area contributed by atoms with Crippen molar-refractivity contribution in [1.29, 1.82) is 0 Å². The molecule has 98 valence electrons. The lowest BCUT2D eigenvalue weighted by atomic mass is 10.1. The van der Waals surface area contributed by atoms with Crippen LogP contribution in [0.1, 0.15) is 0 Å². The number of hydrogen-bond acceptors (Lipinski definition) is 5. The van der Waals surface area contributed by atoms with Gasteiger partial charge in [-0.2, -0.15) is 0 Å². The van der Waals surface area contributed by atoms with E-state index in [1.54, 1.807) is 0 Å². The second kappa shape index (κ2) is 4.84. The highest BCUT2D eigenvalue weighted by atomic mass is 19.2. The summed E-state index contributed by atoms with van der Waals surface area (Å²) in [6, 6.07) is 3.75. The second-order valence-corrected chi connectivity index (χ2v) is 3.54. The number of nitro groups is 1. The van der Waals surface area contributed by atoms with Crippen molar-refractivity contribution in [1.82, 2.24) is 9.77 Å². The highest BCUT2D eigenvalue weighted by molar-refractivity contribution is 5.64. The molecule has 0 spiro atoms. The molecule has 0 saturated carbocycles. The minimum absolute atomic E-state index is 0.0297. The van der Waals surface area contributed by atoms with Crippen LogP contribution in [-0.2, 0) is 0 Å². The monoisotopic (exact) mass is 265 g/mol. The molecule has 0 aliphatic carbocycles. The summed E-state index contributed by atoms with van der Waals surface area (Å²) in [4.78, 5) is 25.3. The molecule has 0 aliphatic rings. The molecule has 0 bridgehead atoms. The maximum absolute atomic E-state index is 13.1. The molecule has 1 aromatic carbocycles. The predicted octanol–water partition coefficient (Wildman–Crippen LogP) is 1.56. The summed E-state index contributed by atoms with van der Waals surface area (Å²) in [6.45, 7) is 0. The van der Waals surface area contributed by atoms with Gasteiger partial charge in [-0.05, 0) is 12.1 Å². The summed E-state index contributed by atoms with van der Waals surface area (Å²) < 4.78 is 17.9. The Balaban J connectivity index is 2.61. The van der Waals surface area contributed by atoms with E-state index in [2.05, 4.69) is 4.98 Å². The van der Waals surface area contributed by atoms with Crippen LogP contribution in [0.5, 0.6) is 5.75 Å². The third-order valence-corrected chi connectivity index (χ3v) is 2.45. The molecule has 7 nitrogen and oxygen atoms in total. The first kappa shape index (κ1) is 12.7. The Bertz CT molecular complexity index is 699. The molecular weight excluding hydrogens is 257 g/mol. The van der Waals surface area contributed by atoms with Crippen LogP contribution in [-0.4, -0.2) is 21.8 Å². The third kappa shape index (κ3) is 2.28.